The molecule has 0 bridgehead atoms. The Balaban J connectivity index is 1.60. The molecule has 1 unspecified atom stereocenters. The maximum absolute atomic E-state index is 12.7. The minimum absolute atomic E-state index is 0.0132. The summed E-state index contributed by atoms with van der Waals surface area (Å²) in [7, 11) is 0. The molecule has 3 N–H and O–H groups in total. The number of hydrogen-bond donors (Lipinski definition) is 2. The second kappa shape index (κ2) is 6.39. The highest BCUT2D eigenvalue weighted by atomic mass is 16.3. The Hall–Kier alpha value is -3.15. The highest BCUT2D eigenvalue weighted by molar-refractivity contribution is 5.93. The van der Waals surface area contributed by atoms with Crippen LogP contribution in [0.5, 0.6) is 0 Å². The molecule has 1 aliphatic carbocycles. The lowest BCUT2D eigenvalue weighted by molar-refractivity contribution is 0.0927. The van der Waals surface area contributed by atoms with E-state index in [1.807, 2.05) is 12.1 Å². The number of nitrogens with zero attached hydrogens (tertiary/aromatic N) is 2. The second-order valence-corrected chi connectivity index (χ2v) is 6.09. The molecule has 0 fully saturated rings. The summed E-state index contributed by atoms with van der Waals surface area (Å²) in [4.78, 5) is 20.9. The molecule has 4 rings (SSSR count). The van der Waals surface area contributed by atoms with Gasteiger partial charge in [0.25, 0.3) is 5.91 Å². The summed E-state index contributed by atoms with van der Waals surface area (Å²) in [5.41, 5.74) is 8.97. The van der Waals surface area contributed by atoms with Crippen LogP contribution in [0.3, 0.4) is 0 Å². The molecule has 1 atom stereocenters. The maximum atomic E-state index is 12.7. The van der Waals surface area contributed by atoms with E-state index in [0.29, 0.717) is 11.5 Å². The number of nitrogen functional groups attached to an aromatic ring is 1. The molecule has 1 aliphatic rings. The van der Waals surface area contributed by atoms with Crippen molar-refractivity contribution in [2.45, 2.75) is 25.3 Å². The van der Waals surface area contributed by atoms with Gasteiger partial charge in [-0.25, -0.2) is 9.97 Å². The predicted molar refractivity (Wildman–Crippen MR) is 93.7 cm³/mol. The van der Waals surface area contributed by atoms with Crippen LogP contribution >= 0.6 is 0 Å². The highest BCUT2D eigenvalue weighted by Gasteiger charge is 2.23. The summed E-state index contributed by atoms with van der Waals surface area (Å²) in [6, 6.07) is 13.3. The van der Waals surface area contributed by atoms with Gasteiger partial charge >= 0.3 is 0 Å². The lowest BCUT2D eigenvalue weighted by Gasteiger charge is -2.26. The number of nitrogens with one attached hydrogen (secondary N) is 1. The number of nitrogens with two attached hydrogens (primary N) is 1. The number of anilines is 1. The monoisotopic (exact) mass is 334 g/mol. The van der Waals surface area contributed by atoms with Crippen LogP contribution in [0.15, 0.2) is 53.1 Å². The standard InChI is InChI=1S/C19H18N4O2/c20-19-22-15(17-9-4-10-25-17)11-16(23-19)18(24)21-14-8-3-6-12-5-1-2-7-13(12)14/h1-2,4-5,7,9-11,14H,3,6,8H2,(H,21,24)(H2,20,22,23). The Morgan fingerprint density at radius 3 is 2.92 bits per heavy atom. The van der Waals surface area contributed by atoms with Gasteiger partial charge in [-0.3, -0.25) is 4.79 Å². The summed E-state index contributed by atoms with van der Waals surface area (Å²) >= 11 is 0. The zero-order valence-electron chi connectivity index (χ0n) is 13.6. The molecular formula is C19H18N4O2. The number of carbonyl (C=O) groups excluding carboxylic acids is 1. The normalized spacial score (nSPS) is 16.2. The van der Waals surface area contributed by atoms with Crippen molar-refractivity contribution in [1.82, 2.24) is 15.3 Å². The lowest BCUT2D eigenvalue weighted by atomic mass is 9.87. The fraction of sp³-hybridized carbons (Fsp3) is 0.211. The predicted octanol–water partition coefficient (Wildman–Crippen LogP) is 3.13. The lowest BCUT2D eigenvalue weighted by Crippen LogP contribution is -2.31. The van der Waals surface area contributed by atoms with E-state index in [0.717, 1.165) is 19.3 Å². The van der Waals surface area contributed by atoms with Crippen molar-refractivity contribution < 1.29 is 9.21 Å². The fourth-order valence-electron chi connectivity index (χ4n) is 3.27. The van der Waals surface area contributed by atoms with Crippen LogP contribution in [0, 0.1) is 0 Å². The van der Waals surface area contributed by atoms with Crippen LogP contribution in [0.4, 0.5) is 5.95 Å². The van der Waals surface area contributed by atoms with Gasteiger partial charge in [0, 0.05) is 0 Å². The number of hydrogen-bond acceptors (Lipinski definition) is 5. The molecule has 0 saturated carbocycles. The molecule has 3 aromatic rings. The van der Waals surface area contributed by atoms with Crippen molar-refractivity contribution in [1.29, 1.82) is 0 Å². The van der Waals surface area contributed by atoms with Crippen molar-refractivity contribution in [3.8, 4) is 11.5 Å². The highest BCUT2D eigenvalue weighted by Crippen LogP contribution is 2.29. The topological polar surface area (TPSA) is 94.0 Å². The summed E-state index contributed by atoms with van der Waals surface area (Å²) in [5.74, 6) is 0.331. The third-order valence-electron chi connectivity index (χ3n) is 4.42. The first-order valence-corrected chi connectivity index (χ1v) is 8.28. The third-order valence-corrected chi connectivity index (χ3v) is 4.42. The zero-order valence-corrected chi connectivity index (χ0v) is 13.6. The molecule has 2 heterocycles. The van der Waals surface area contributed by atoms with E-state index in [-0.39, 0.29) is 23.6 Å². The second-order valence-electron chi connectivity index (χ2n) is 6.09. The Morgan fingerprint density at radius 1 is 1.20 bits per heavy atom. The van der Waals surface area contributed by atoms with Gasteiger partial charge in [0.1, 0.15) is 11.4 Å². The van der Waals surface area contributed by atoms with E-state index >= 15 is 0 Å². The smallest absolute Gasteiger partial charge is 0.270 e. The van der Waals surface area contributed by atoms with E-state index in [1.165, 1.54) is 11.1 Å². The van der Waals surface area contributed by atoms with Gasteiger partial charge in [-0.2, -0.15) is 0 Å². The van der Waals surface area contributed by atoms with Gasteiger partial charge in [0.05, 0.1) is 12.3 Å². The number of amides is 1. The number of aryl methyl sites for hydroxylation is 1. The number of fused-ring (bicyclic) bond motifs is 1. The molecule has 0 aliphatic heterocycles. The Morgan fingerprint density at radius 2 is 2.08 bits per heavy atom. The van der Waals surface area contributed by atoms with Gasteiger partial charge in [-0.15, -0.1) is 0 Å². The molecule has 0 saturated heterocycles. The van der Waals surface area contributed by atoms with Crippen LogP contribution in [-0.2, 0) is 6.42 Å². The molecule has 0 radical (unpaired) electrons. The fourth-order valence-corrected chi connectivity index (χ4v) is 3.27. The van der Waals surface area contributed by atoms with Gasteiger partial charge < -0.3 is 15.5 Å². The average molecular weight is 334 g/mol. The molecule has 6 heteroatoms. The van der Waals surface area contributed by atoms with Crippen molar-refractivity contribution >= 4 is 11.9 Å². The maximum Gasteiger partial charge on any atom is 0.270 e. The van der Waals surface area contributed by atoms with E-state index < -0.39 is 0 Å². The van der Waals surface area contributed by atoms with E-state index in [4.69, 9.17) is 10.2 Å². The summed E-state index contributed by atoms with van der Waals surface area (Å²) in [6.07, 6.45) is 4.55. The Kier molecular flexibility index (Phi) is 3.93. The molecule has 0 spiro atoms. The Bertz CT molecular complexity index is 906. The van der Waals surface area contributed by atoms with Gasteiger partial charge in [0.15, 0.2) is 5.76 Å². The van der Waals surface area contributed by atoms with Crippen molar-refractivity contribution in [2.24, 2.45) is 0 Å². The first-order valence-electron chi connectivity index (χ1n) is 8.28. The molecular weight excluding hydrogens is 316 g/mol. The quantitative estimate of drug-likeness (QED) is 0.767. The number of furan rings is 1. The van der Waals surface area contributed by atoms with Crippen LogP contribution in [-0.4, -0.2) is 15.9 Å². The number of carbonyl (C=O) groups is 1. The molecule has 1 amide bonds. The van der Waals surface area contributed by atoms with Crippen molar-refractivity contribution in [3.63, 3.8) is 0 Å². The molecule has 2 aromatic heterocycles. The van der Waals surface area contributed by atoms with Crippen molar-refractivity contribution in [3.05, 3.63) is 65.5 Å². The summed E-state index contributed by atoms with van der Waals surface area (Å²) in [6.45, 7) is 0. The van der Waals surface area contributed by atoms with Crippen LogP contribution in [0.25, 0.3) is 11.5 Å². The summed E-state index contributed by atoms with van der Waals surface area (Å²) in [5, 5.41) is 3.08. The minimum Gasteiger partial charge on any atom is -0.463 e. The van der Waals surface area contributed by atoms with Crippen LogP contribution < -0.4 is 11.1 Å². The van der Waals surface area contributed by atoms with E-state index in [9.17, 15) is 4.79 Å². The number of aromatic nitrogens is 2. The van der Waals surface area contributed by atoms with Gasteiger partial charge in [0.2, 0.25) is 5.95 Å². The molecule has 126 valence electrons. The first kappa shape index (κ1) is 15.4. The number of rotatable bonds is 3. The van der Waals surface area contributed by atoms with E-state index in [1.54, 1.807) is 24.5 Å². The first-order chi connectivity index (χ1) is 12.2. The van der Waals surface area contributed by atoms with E-state index in [2.05, 4.69) is 27.4 Å². The van der Waals surface area contributed by atoms with Crippen molar-refractivity contribution in [2.75, 3.05) is 5.73 Å². The third kappa shape index (κ3) is 3.10. The van der Waals surface area contributed by atoms with Crippen LogP contribution in [0.1, 0.15) is 40.5 Å². The SMILES string of the molecule is Nc1nc(C(=O)NC2CCCc3ccccc32)cc(-c2ccco2)n1. The minimum atomic E-state index is -0.261. The van der Waals surface area contributed by atoms with Crippen LogP contribution in [0.2, 0.25) is 0 Å². The summed E-state index contributed by atoms with van der Waals surface area (Å²) < 4.78 is 5.33. The Labute approximate surface area is 145 Å². The average Bonchev–Trinajstić information content (AvgIpc) is 3.16. The molecule has 1 aromatic carbocycles. The molecule has 25 heavy (non-hydrogen) atoms. The molecule has 6 nitrogen and oxygen atoms in total. The number of benzene rings is 1. The van der Waals surface area contributed by atoms with Gasteiger partial charge in [-0.1, -0.05) is 24.3 Å². The largest absolute Gasteiger partial charge is 0.463 e. The zero-order chi connectivity index (χ0) is 17.2. The van der Waals surface area contributed by atoms with Gasteiger partial charge in [-0.05, 0) is 48.6 Å².